The largest absolute Gasteiger partial charge is 0.364 e. The van der Waals surface area contributed by atoms with Crippen LogP contribution in [-0.4, -0.2) is 18.5 Å². The first-order valence-corrected chi connectivity index (χ1v) is 5.36. The van der Waals surface area contributed by atoms with Crippen molar-refractivity contribution in [2.45, 2.75) is 6.10 Å². The van der Waals surface area contributed by atoms with Gasteiger partial charge in [-0.15, -0.1) is 11.3 Å². The van der Waals surface area contributed by atoms with Crippen molar-refractivity contribution in [2.24, 2.45) is 0 Å². The summed E-state index contributed by atoms with van der Waals surface area (Å²) in [6.45, 7) is 0.586. The summed E-state index contributed by atoms with van der Waals surface area (Å²) >= 11 is 1.61. The zero-order valence-electron chi connectivity index (χ0n) is 7.40. The summed E-state index contributed by atoms with van der Waals surface area (Å²) in [5.41, 5.74) is 0.813. The van der Waals surface area contributed by atoms with E-state index in [1.54, 1.807) is 11.3 Å². The molecule has 1 aliphatic rings. The van der Waals surface area contributed by atoms with Crippen molar-refractivity contribution in [3.05, 3.63) is 35.2 Å². The van der Waals surface area contributed by atoms with Crippen LogP contribution in [0.3, 0.4) is 0 Å². The molecule has 1 aliphatic heterocycles. The van der Waals surface area contributed by atoms with E-state index in [0.29, 0.717) is 6.61 Å². The van der Waals surface area contributed by atoms with Crippen LogP contribution in [0.5, 0.6) is 0 Å². The Morgan fingerprint density at radius 3 is 3.00 bits per heavy atom. The smallest absolute Gasteiger partial charge is 0.195 e. The molecule has 0 N–H and O–H groups in total. The van der Waals surface area contributed by atoms with Crippen LogP contribution in [0.2, 0.25) is 0 Å². The maximum absolute atomic E-state index is 11.8. The Kier molecular flexibility index (Phi) is 1.69. The van der Waals surface area contributed by atoms with Crippen LogP contribution in [0.25, 0.3) is 10.1 Å². The van der Waals surface area contributed by atoms with Crippen LogP contribution < -0.4 is 0 Å². The normalized spacial score (nSPS) is 19.9. The van der Waals surface area contributed by atoms with E-state index in [-0.39, 0.29) is 11.9 Å². The number of hydrogen-bond acceptors (Lipinski definition) is 3. The van der Waals surface area contributed by atoms with E-state index in [2.05, 4.69) is 0 Å². The van der Waals surface area contributed by atoms with Crippen molar-refractivity contribution in [2.75, 3.05) is 6.61 Å². The summed E-state index contributed by atoms with van der Waals surface area (Å²) in [7, 11) is 0. The van der Waals surface area contributed by atoms with Gasteiger partial charge in [-0.3, -0.25) is 4.79 Å². The van der Waals surface area contributed by atoms with E-state index >= 15 is 0 Å². The molecular weight excluding hydrogens is 196 g/mol. The molecule has 1 aromatic heterocycles. The Balaban J connectivity index is 2.16. The van der Waals surface area contributed by atoms with E-state index in [1.807, 2.05) is 29.6 Å². The van der Waals surface area contributed by atoms with Crippen molar-refractivity contribution < 1.29 is 9.53 Å². The van der Waals surface area contributed by atoms with Crippen LogP contribution in [0, 0.1) is 0 Å². The van der Waals surface area contributed by atoms with Crippen molar-refractivity contribution in [3.8, 4) is 0 Å². The molecule has 1 aromatic carbocycles. The molecule has 14 heavy (non-hydrogen) atoms. The van der Waals surface area contributed by atoms with Gasteiger partial charge in [0.1, 0.15) is 6.10 Å². The number of hydrogen-bond donors (Lipinski definition) is 0. The maximum Gasteiger partial charge on any atom is 0.195 e. The number of carbonyl (C=O) groups excluding carboxylic acids is 1. The fourth-order valence-corrected chi connectivity index (χ4v) is 2.49. The van der Waals surface area contributed by atoms with Crippen LogP contribution in [0.1, 0.15) is 10.4 Å². The van der Waals surface area contributed by atoms with Crippen LogP contribution in [0.15, 0.2) is 29.6 Å². The molecule has 70 valence electrons. The van der Waals surface area contributed by atoms with Gasteiger partial charge >= 0.3 is 0 Å². The number of ether oxygens (including phenoxy) is 1. The van der Waals surface area contributed by atoms with Gasteiger partial charge in [0.2, 0.25) is 0 Å². The standard InChI is InChI=1S/C11H8O2S/c12-11(9-5-13-9)8-6-14-10-4-2-1-3-7(8)10/h1-4,6,9H,5H2. The van der Waals surface area contributed by atoms with Crippen molar-refractivity contribution in [1.29, 1.82) is 0 Å². The number of carbonyl (C=O) groups is 1. The molecule has 0 radical (unpaired) electrons. The minimum Gasteiger partial charge on any atom is -0.364 e. The van der Waals surface area contributed by atoms with Crippen molar-refractivity contribution in [1.82, 2.24) is 0 Å². The molecule has 0 amide bonds. The van der Waals surface area contributed by atoms with Gasteiger partial charge < -0.3 is 4.74 Å². The highest BCUT2D eigenvalue weighted by Gasteiger charge is 2.33. The number of fused-ring (bicyclic) bond motifs is 1. The van der Waals surface area contributed by atoms with E-state index in [9.17, 15) is 4.79 Å². The molecule has 1 saturated heterocycles. The lowest BCUT2D eigenvalue weighted by Gasteiger charge is -1.93. The Morgan fingerprint density at radius 2 is 2.21 bits per heavy atom. The van der Waals surface area contributed by atoms with Gasteiger partial charge in [-0.1, -0.05) is 18.2 Å². The van der Waals surface area contributed by atoms with Crippen LogP contribution in [-0.2, 0) is 4.74 Å². The molecule has 1 fully saturated rings. The number of epoxide rings is 1. The monoisotopic (exact) mass is 204 g/mol. The summed E-state index contributed by atoms with van der Waals surface area (Å²) in [5.74, 6) is 0.127. The second-order valence-corrected chi connectivity index (χ2v) is 4.24. The number of Topliss-reactive ketones (excluding diaryl/α,β-unsaturated/α-hetero) is 1. The predicted molar refractivity (Wildman–Crippen MR) is 55.9 cm³/mol. The molecule has 2 heterocycles. The summed E-state index contributed by atoms with van der Waals surface area (Å²) in [4.78, 5) is 11.8. The fourth-order valence-electron chi connectivity index (χ4n) is 1.54. The lowest BCUT2D eigenvalue weighted by atomic mass is 10.1. The molecule has 0 spiro atoms. The third kappa shape index (κ3) is 1.17. The van der Waals surface area contributed by atoms with Gasteiger partial charge in [0, 0.05) is 21.0 Å². The average Bonchev–Trinajstić information content (AvgIpc) is 2.97. The van der Waals surface area contributed by atoms with Gasteiger partial charge in [0.15, 0.2) is 5.78 Å². The lowest BCUT2D eigenvalue weighted by Crippen LogP contribution is -2.05. The first-order valence-electron chi connectivity index (χ1n) is 4.48. The number of thiophene rings is 1. The predicted octanol–water partition coefficient (Wildman–Crippen LogP) is 2.48. The fraction of sp³-hybridized carbons (Fsp3) is 0.182. The zero-order chi connectivity index (χ0) is 9.54. The molecule has 1 atom stereocenters. The molecule has 0 bridgehead atoms. The van der Waals surface area contributed by atoms with Gasteiger partial charge in [-0.05, 0) is 6.07 Å². The summed E-state index contributed by atoms with van der Waals surface area (Å²) < 4.78 is 6.16. The van der Waals surface area contributed by atoms with Crippen LogP contribution >= 0.6 is 11.3 Å². The SMILES string of the molecule is O=C(c1csc2ccccc12)C1CO1. The number of rotatable bonds is 2. The van der Waals surface area contributed by atoms with Crippen LogP contribution in [0.4, 0.5) is 0 Å². The molecular formula is C11H8O2S. The highest BCUT2D eigenvalue weighted by molar-refractivity contribution is 7.17. The van der Waals surface area contributed by atoms with E-state index in [4.69, 9.17) is 4.74 Å². The van der Waals surface area contributed by atoms with E-state index in [1.165, 1.54) is 0 Å². The Labute approximate surface area is 85.1 Å². The van der Waals surface area contributed by atoms with E-state index < -0.39 is 0 Å². The molecule has 3 heteroatoms. The minimum atomic E-state index is -0.173. The Bertz CT molecular complexity index is 497. The quantitative estimate of drug-likeness (QED) is 0.555. The summed E-state index contributed by atoms with van der Waals surface area (Å²) in [6, 6.07) is 7.96. The topological polar surface area (TPSA) is 29.6 Å². The Morgan fingerprint density at radius 1 is 1.43 bits per heavy atom. The van der Waals surface area contributed by atoms with Gasteiger partial charge in [0.25, 0.3) is 0 Å². The maximum atomic E-state index is 11.8. The molecule has 0 aliphatic carbocycles. The number of ketones is 1. The highest BCUT2D eigenvalue weighted by Crippen LogP contribution is 2.28. The minimum absolute atomic E-state index is 0.127. The third-order valence-electron chi connectivity index (χ3n) is 2.37. The van der Waals surface area contributed by atoms with Gasteiger partial charge in [-0.25, -0.2) is 0 Å². The molecule has 3 rings (SSSR count). The first kappa shape index (κ1) is 8.15. The Hall–Kier alpha value is -1.19. The summed E-state index contributed by atoms with van der Waals surface area (Å²) in [5, 5.41) is 2.98. The average molecular weight is 204 g/mol. The number of benzene rings is 1. The summed E-state index contributed by atoms with van der Waals surface area (Å²) in [6.07, 6.45) is -0.173. The van der Waals surface area contributed by atoms with Crippen molar-refractivity contribution in [3.63, 3.8) is 0 Å². The second-order valence-electron chi connectivity index (χ2n) is 3.33. The van der Waals surface area contributed by atoms with Gasteiger partial charge in [-0.2, -0.15) is 0 Å². The molecule has 0 saturated carbocycles. The first-order chi connectivity index (χ1) is 6.86. The zero-order valence-corrected chi connectivity index (χ0v) is 8.21. The molecule has 1 unspecified atom stereocenters. The highest BCUT2D eigenvalue weighted by atomic mass is 32.1. The lowest BCUT2D eigenvalue weighted by molar-refractivity contribution is 0.0955. The van der Waals surface area contributed by atoms with E-state index in [0.717, 1.165) is 15.6 Å². The molecule has 2 nitrogen and oxygen atoms in total. The van der Waals surface area contributed by atoms with Gasteiger partial charge in [0.05, 0.1) is 6.61 Å². The molecule has 2 aromatic rings. The third-order valence-corrected chi connectivity index (χ3v) is 3.34. The van der Waals surface area contributed by atoms with Crippen molar-refractivity contribution >= 4 is 27.2 Å². The second kappa shape index (κ2) is 2.90.